The van der Waals surface area contributed by atoms with Crippen molar-refractivity contribution in [3.8, 4) is 0 Å². The van der Waals surface area contributed by atoms with Crippen LogP contribution in [0.1, 0.15) is 32.6 Å². The number of rotatable bonds is 5. The third-order valence-electron chi connectivity index (χ3n) is 1.23. The van der Waals surface area contributed by atoms with Gasteiger partial charge in [0.05, 0.1) is 5.97 Å². The van der Waals surface area contributed by atoms with E-state index in [1.54, 1.807) is 6.08 Å². The molecule has 0 aromatic carbocycles. The van der Waals surface area contributed by atoms with Gasteiger partial charge in [-0.25, -0.2) is 0 Å². The van der Waals surface area contributed by atoms with E-state index in [0.29, 0.717) is 0 Å². The third kappa shape index (κ3) is 13.8. The van der Waals surface area contributed by atoms with E-state index in [0.717, 1.165) is 25.3 Å². The summed E-state index contributed by atoms with van der Waals surface area (Å²) in [6, 6.07) is 0. The van der Waals surface area contributed by atoms with Crippen LogP contribution >= 0.6 is 0 Å². The van der Waals surface area contributed by atoms with Crippen LogP contribution in [0, 0.1) is 0 Å². The Hall–Kier alpha value is 0.846. The van der Waals surface area contributed by atoms with E-state index in [4.69, 9.17) is 0 Å². The predicted molar refractivity (Wildman–Crippen MR) is 38.3 cm³/mol. The standard InChI is InChI=1S/C8H14O2.K/c1-2-3-4-5-6-7-8(9)10;/h6-7H,2-5H2,1H3,(H,9,10);/q;+1/p-1/b7-6+;. The van der Waals surface area contributed by atoms with Gasteiger partial charge in [-0.05, 0) is 18.9 Å². The van der Waals surface area contributed by atoms with Gasteiger partial charge in [-0.2, -0.15) is 0 Å². The van der Waals surface area contributed by atoms with Gasteiger partial charge in [0.2, 0.25) is 0 Å². The molecule has 0 amide bonds. The topological polar surface area (TPSA) is 40.1 Å². The molecule has 0 aromatic heterocycles. The van der Waals surface area contributed by atoms with Crippen molar-refractivity contribution in [3.05, 3.63) is 12.2 Å². The molecule has 0 aliphatic carbocycles. The smallest absolute Gasteiger partial charge is 0.545 e. The van der Waals surface area contributed by atoms with Gasteiger partial charge in [0.25, 0.3) is 0 Å². The zero-order valence-corrected chi connectivity index (χ0v) is 10.4. The fourth-order valence-corrected chi connectivity index (χ4v) is 0.692. The largest absolute Gasteiger partial charge is 1.00 e. The van der Waals surface area contributed by atoms with Crippen LogP contribution in [0.15, 0.2) is 12.2 Å². The van der Waals surface area contributed by atoms with Crippen molar-refractivity contribution in [2.45, 2.75) is 32.6 Å². The Labute approximate surface area is 110 Å². The number of carboxylic acids is 1. The van der Waals surface area contributed by atoms with Crippen molar-refractivity contribution in [1.82, 2.24) is 0 Å². The number of aliphatic carboxylic acids is 1. The van der Waals surface area contributed by atoms with Gasteiger partial charge >= 0.3 is 51.4 Å². The van der Waals surface area contributed by atoms with E-state index in [2.05, 4.69) is 6.92 Å². The molecule has 2 nitrogen and oxygen atoms in total. The molecule has 0 bridgehead atoms. The SMILES string of the molecule is CCCCC/C=C/C(=O)[O-].[K+]. The molecule has 0 radical (unpaired) electrons. The summed E-state index contributed by atoms with van der Waals surface area (Å²) in [5, 5.41) is 9.83. The minimum absolute atomic E-state index is 0. The summed E-state index contributed by atoms with van der Waals surface area (Å²) >= 11 is 0. The van der Waals surface area contributed by atoms with Gasteiger partial charge in [0.1, 0.15) is 0 Å². The summed E-state index contributed by atoms with van der Waals surface area (Å²) in [5.74, 6) is -1.10. The quantitative estimate of drug-likeness (QED) is 0.276. The molecule has 0 heterocycles. The van der Waals surface area contributed by atoms with E-state index in [1.807, 2.05) is 0 Å². The molecule has 11 heavy (non-hydrogen) atoms. The zero-order valence-electron chi connectivity index (χ0n) is 7.30. The molecular weight excluding hydrogens is 167 g/mol. The average Bonchev–Trinajstić information content (AvgIpc) is 1.87. The van der Waals surface area contributed by atoms with Gasteiger partial charge in [0, 0.05) is 0 Å². The van der Waals surface area contributed by atoms with Gasteiger partial charge < -0.3 is 9.90 Å². The minimum atomic E-state index is -1.10. The van der Waals surface area contributed by atoms with Crippen molar-refractivity contribution in [3.63, 3.8) is 0 Å². The first kappa shape index (κ1) is 14.4. The number of hydrogen-bond acceptors (Lipinski definition) is 2. The van der Waals surface area contributed by atoms with Crippen molar-refractivity contribution < 1.29 is 61.3 Å². The minimum Gasteiger partial charge on any atom is -0.545 e. The van der Waals surface area contributed by atoms with E-state index in [9.17, 15) is 9.90 Å². The summed E-state index contributed by atoms with van der Waals surface area (Å²) in [6.45, 7) is 2.11. The average molecular weight is 180 g/mol. The maximum absolute atomic E-state index is 9.83. The Kier molecular flexibility index (Phi) is 14.2. The fourth-order valence-electron chi connectivity index (χ4n) is 0.692. The molecule has 0 spiro atoms. The van der Waals surface area contributed by atoms with E-state index >= 15 is 0 Å². The van der Waals surface area contributed by atoms with Crippen LogP contribution in [-0.2, 0) is 4.79 Å². The number of carbonyl (C=O) groups is 1. The van der Waals surface area contributed by atoms with Crippen molar-refractivity contribution in [2.75, 3.05) is 0 Å². The molecule has 0 aliphatic rings. The second-order valence-corrected chi connectivity index (χ2v) is 2.22. The maximum atomic E-state index is 9.83. The number of allylic oxidation sites excluding steroid dienone is 1. The van der Waals surface area contributed by atoms with Crippen LogP contribution in [0.5, 0.6) is 0 Å². The van der Waals surface area contributed by atoms with Gasteiger partial charge in [0.15, 0.2) is 0 Å². The molecule has 0 saturated carbocycles. The molecule has 0 fully saturated rings. The van der Waals surface area contributed by atoms with Crippen molar-refractivity contribution in [1.29, 1.82) is 0 Å². The van der Waals surface area contributed by atoms with Gasteiger partial charge in [-0.1, -0.05) is 25.8 Å². The second kappa shape index (κ2) is 10.8. The van der Waals surface area contributed by atoms with Crippen LogP contribution in [0.4, 0.5) is 0 Å². The summed E-state index contributed by atoms with van der Waals surface area (Å²) in [5.41, 5.74) is 0. The van der Waals surface area contributed by atoms with E-state index < -0.39 is 5.97 Å². The van der Waals surface area contributed by atoms with Crippen LogP contribution < -0.4 is 56.5 Å². The van der Waals surface area contributed by atoms with E-state index in [-0.39, 0.29) is 51.4 Å². The molecule has 0 unspecified atom stereocenters. The van der Waals surface area contributed by atoms with Crippen LogP contribution in [0.3, 0.4) is 0 Å². The maximum Gasteiger partial charge on any atom is 1.00 e. The number of carbonyl (C=O) groups excluding carboxylic acids is 1. The van der Waals surface area contributed by atoms with Gasteiger partial charge in [-0.3, -0.25) is 0 Å². The van der Waals surface area contributed by atoms with E-state index in [1.165, 1.54) is 6.42 Å². The van der Waals surface area contributed by atoms with Crippen molar-refractivity contribution >= 4 is 5.97 Å². The molecule has 0 rings (SSSR count). The van der Waals surface area contributed by atoms with Crippen LogP contribution in [0.25, 0.3) is 0 Å². The Morgan fingerprint density at radius 3 is 2.55 bits per heavy atom. The molecule has 58 valence electrons. The molecular formula is C8H13KO2. The zero-order chi connectivity index (χ0) is 7.82. The monoisotopic (exact) mass is 180 g/mol. The molecule has 0 aromatic rings. The Morgan fingerprint density at radius 2 is 2.09 bits per heavy atom. The third-order valence-corrected chi connectivity index (χ3v) is 1.23. The molecule has 0 N–H and O–H groups in total. The molecule has 0 atom stereocenters. The molecule has 0 saturated heterocycles. The first-order valence-electron chi connectivity index (χ1n) is 3.65. The fraction of sp³-hybridized carbons (Fsp3) is 0.625. The second-order valence-electron chi connectivity index (χ2n) is 2.22. The Balaban J connectivity index is 0. The first-order chi connectivity index (χ1) is 4.77. The molecule has 3 heteroatoms. The molecule has 0 aliphatic heterocycles. The summed E-state index contributed by atoms with van der Waals surface area (Å²) in [7, 11) is 0. The van der Waals surface area contributed by atoms with Crippen molar-refractivity contribution in [2.24, 2.45) is 0 Å². The Morgan fingerprint density at radius 1 is 1.45 bits per heavy atom. The summed E-state index contributed by atoms with van der Waals surface area (Å²) < 4.78 is 0. The summed E-state index contributed by atoms with van der Waals surface area (Å²) in [4.78, 5) is 9.83. The normalized spacial score (nSPS) is 9.55. The van der Waals surface area contributed by atoms with Gasteiger partial charge in [-0.15, -0.1) is 0 Å². The number of hydrogen-bond donors (Lipinski definition) is 0. The first-order valence-corrected chi connectivity index (χ1v) is 3.65. The summed E-state index contributed by atoms with van der Waals surface area (Å²) in [6.07, 6.45) is 6.99. The van der Waals surface area contributed by atoms with Crippen LogP contribution in [0.2, 0.25) is 0 Å². The number of unbranched alkanes of at least 4 members (excludes halogenated alkanes) is 3. The number of carboxylic acid groups (broad SMARTS) is 1. The predicted octanol–water partition coefficient (Wildman–Crippen LogP) is -2.12. The Bertz CT molecular complexity index is 121. The van der Waals surface area contributed by atoms with Crippen LogP contribution in [-0.4, -0.2) is 5.97 Å².